The maximum absolute atomic E-state index is 14.7. The van der Waals surface area contributed by atoms with Crippen LogP contribution in [0.2, 0.25) is 0 Å². The number of rotatable bonds is 1. The predicted molar refractivity (Wildman–Crippen MR) is 96.7 cm³/mol. The normalized spacial score (nSPS) is 21.8. The second-order valence-electron chi connectivity index (χ2n) is 6.35. The SMILES string of the molecule is C1CCC1.FC1(C#Cc2ccccn2)CCN(c2ccccc2)C1. The molecule has 2 nitrogen and oxygen atoms in total. The van der Waals surface area contributed by atoms with Gasteiger partial charge >= 0.3 is 0 Å². The molecule has 124 valence electrons. The molecule has 1 aromatic carbocycles. The van der Waals surface area contributed by atoms with E-state index in [0.29, 0.717) is 25.2 Å². The summed E-state index contributed by atoms with van der Waals surface area (Å²) >= 11 is 0. The lowest BCUT2D eigenvalue weighted by Crippen LogP contribution is -2.27. The molecule has 24 heavy (non-hydrogen) atoms. The van der Waals surface area contributed by atoms with Gasteiger partial charge in [0.05, 0.1) is 6.54 Å². The van der Waals surface area contributed by atoms with Gasteiger partial charge in [-0.25, -0.2) is 9.37 Å². The first-order valence-corrected chi connectivity index (χ1v) is 8.68. The fourth-order valence-electron chi connectivity index (χ4n) is 2.60. The highest BCUT2D eigenvalue weighted by Crippen LogP contribution is 2.29. The Morgan fingerprint density at radius 1 is 0.958 bits per heavy atom. The minimum Gasteiger partial charge on any atom is -0.367 e. The van der Waals surface area contributed by atoms with Gasteiger partial charge in [-0.1, -0.05) is 55.9 Å². The highest BCUT2D eigenvalue weighted by molar-refractivity contribution is 5.49. The molecule has 0 radical (unpaired) electrons. The van der Waals surface area contributed by atoms with Crippen molar-refractivity contribution in [1.82, 2.24) is 4.98 Å². The summed E-state index contributed by atoms with van der Waals surface area (Å²) in [6.07, 6.45) is 8.10. The van der Waals surface area contributed by atoms with Gasteiger partial charge in [0.1, 0.15) is 5.69 Å². The first-order chi connectivity index (χ1) is 11.8. The minimum absolute atomic E-state index is 0.316. The monoisotopic (exact) mass is 322 g/mol. The molecule has 2 fully saturated rings. The molecule has 4 rings (SSSR count). The van der Waals surface area contributed by atoms with Crippen LogP contribution in [0.25, 0.3) is 0 Å². The van der Waals surface area contributed by atoms with Crippen molar-refractivity contribution in [2.45, 2.75) is 37.8 Å². The molecule has 1 aromatic heterocycles. The molecule has 1 aliphatic heterocycles. The van der Waals surface area contributed by atoms with Gasteiger partial charge in [-0.15, -0.1) is 0 Å². The van der Waals surface area contributed by atoms with E-state index in [1.54, 1.807) is 12.3 Å². The van der Waals surface area contributed by atoms with Crippen LogP contribution in [-0.4, -0.2) is 23.7 Å². The topological polar surface area (TPSA) is 16.1 Å². The van der Waals surface area contributed by atoms with Gasteiger partial charge in [-0.05, 0) is 30.2 Å². The van der Waals surface area contributed by atoms with E-state index in [0.717, 1.165) is 5.69 Å². The van der Waals surface area contributed by atoms with Crippen molar-refractivity contribution in [2.24, 2.45) is 0 Å². The maximum atomic E-state index is 14.7. The van der Waals surface area contributed by atoms with Gasteiger partial charge in [-0.3, -0.25) is 0 Å². The standard InChI is InChI=1S/C17H15FN2.C4H8/c18-17(10-9-15-6-4-5-12-19-15)11-13-20(14-17)16-7-2-1-3-8-16;1-2-4-3-1/h1-8,12H,11,13-14H2;1-4H2. The van der Waals surface area contributed by atoms with Crippen LogP contribution in [0.3, 0.4) is 0 Å². The van der Waals surface area contributed by atoms with E-state index in [1.165, 1.54) is 25.7 Å². The summed E-state index contributed by atoms with van der Waals surface area (Å²) in [7, 11) is 0. The Balaban J connectivity index is 0.000000370. The van der Waals surface area contributed by atoms with Gasteiger partial charge in [0.25, 0.3) is 0 Å². The lowest BCUT2D eigenvalue weighted by molar-refractivity contribution is 0.274. The van der Waals surface area contributed by atoms with E-state index in [-0.39, 0.29) is 0 Å². The maximum Gasteiger partial charge on any atom is 0.190 e. The van der Waals surface area contributed by atoms with Crippen molar-refractivity contribution in [1.29, 1.82) is 0 Å². The minimum atomic E-state index is -1.45. The van der Waals surface area contributed by atoms with Crippen LogP contribution in [0.5, 0.6) is 0 Å². The lowest BCUT2D eigenvalue weighted by atomic mass is 10.0. The number of benzene rings is 1. The van der Waals surface area contributed by atoms with Gasteiger partial charge in [-0.2, -0.15) is 0 Å². The van der Waals surface area contributed by atoms with Crippen molar-refractivity contribution in [3.63, 3.8) is 0 Å². The van der Waals surface area contributed by atoms with Gasteiger partial charge < -0.3 is 4.90 Å². The van der Waals surface area contributed by atoms with E-state index in [9.17, 15) is 4.39 Å². The molecule has 0 N–H and O–H groups in total. The summed E-state index contributed by atoms with van der Waals surface area (Å²) in [4.78, 5) is 6.13. The Kier molecular flexibility index (Phi) is 5.48. The van der Waals surface area contributed by atoms with Crippen molar-refractivity contribution in [3.05, 3.63) is 60.4 Å². The first kappa shape index (κ1) is 16.5. The second-order valence-corrected chi connectivity index (χ2v) is 6.35. The lowest BCUT2D eigenvalue weighted by Gasteiger charge is -2.18. The Hall–Kier alpha value is -2.34. The third kappa shape index (κ3) is 4.58. The number of aromatic nitrogens is 1. The van der Waals surface area contributed by atoms with Crippen molar-refractivity contribution >= 4 is 5.69 Å². The second kappa shape index (κ2) is 7.97. The number of halogens is 1. The van der Waals surface area contributed by atoms with Crippen LogP contribution in [-0.2, 0) is 0 Å². The highest BCUT2D eigenvalue weighted by Gasteiger charge is 2.36. The summed E-state index contributed by atoms with van der Waals surface area (Å²) in [6.45, 7) is 1.01. The summed E-state index contributed by atoms with van der Waals surface area (Å²) in [6, 6.07) is 15.4. The average molecular weight is 322 g/mol. The van der Waals surface area contributed by atoms with E-state index in [1.807, 2.05) is 47.4 Å². The molecule has 1 aliphatic carbocycles. The number of nitrogens with zero attached hydrogens (tertiary/aromatic N) is 2. The largest absolute Gasteiger partial charge is 0.367 e. The molecule has 0 bridgehead atoms. The van der Waals surface area contributed by atoms with Crippen LogP contribution in [0.15, 0.2) is 54.7 Å². The number of para-hydroxylation sites is 1. The van der Waals surface area contributed by atoms with Crippen molar-refractivity contribution < 1.29 is 4.39 Å². The van der Waals surface area contributed by atoms with Crippen molar-refractivity contribution in [3.8, 4) is 11.8 Å². The molecule has 2 heterocycles. The van der Waals surface area contributed by atoms with E-state index in [2.05, 4.69) is 16.8 Å². The Morgan fingerprint density at radius 2 is 1.67 bits per heavy atom. The molecule has 1 atom stereocenters. The third-order valence-electron chi connectivity index (χ3n) is 4.42. The smallest absolute Gasteiger partial charge is 0.190 e. The van der Waals surface area contributed by atoms with E-state index >= 15 is 0 Å². The molecule has 2 aromatic rings. The zero-order valence-electron chi connectivity index (χ0n) is 13.9. The summed E-state index contributed by atoms with van der Waals surface area (Å²) in [5.74, 6) is 5.59. The number of alkyl halides is 1. The van der Waals surface area contributed by atoms with Gasteiger partial charge in [0.2, 0.25) is 0 Å². The summed E-state index contributed by atoms with van der Waals surface area (Å²) < 4.78 is 14.7. The molecule has 3 heteroatoms. The number of hydrogen-bond donors (Lipinski definition) is 0. The molecule has 1 saturated heterocycles. The Labute approximate surface area is 143 Å². The molecular weight excluding hydrogens is 299 g/mol. The zero-order chi connectivity index (χ0) is 16.7. The van der Waals surface area contributed by atoms with Crippen LogP contribution in [0, 0.1) is 11.8 Å². The fraction of sp³-hybridized carbons (Fsp3) is 0.381. The quantitative estimate of drug-likeness (QED) is 0.713. The molecule has 0 amide bonds. The molecule has 2 aliphatic rings. The van der Waals surface area contributed by atoms with E-state index < -0.39 is 5.67 Å². The van der Waals surface area contributed by atoms with Gasteiger partial charge in [0, 0.05) is 24.8 Å². The highest BCUT2D eigenvalue weighted by atomic mass is 19.1. The first-order valence-electron chi connectivity index (χ1n) is 8.68. The molecule has 1 saturated carbocycles. The summed E-state index contributed by atoms with van der Waals surface area (Å²) in [5, 5.41) is 0. The van der Waals surface area contributed by atoms with Gasteiger partial charge in [0.15, 0.2) is 5.67 Å². The number of pyridine rings is 1. The zero-order valence-corrected chi connectivity index (χ0v) is 13.9. The molecule has 0 spiro atoms. The number of anilines is 1. The van der Waals surface area contributed by atoms with Crippen LogP contribution >= 0.6 is 0 Å². The third-order valence-corrected chi connectivity index (χ3v) is 4.42. The summed E-state index contributed by atoms with van der Waals surface area (Å²) in [5.41, 5.74) is 0.210. The fourth-order valence-corrected chi connectivity index (χ4v) is 2.60. The van der Waals surface area contributed by atoms with Crippen molar-refractivity contribution in [2.75, 3.05) is 18.0 Å². The predicted octanol–water partition coefficient (Wildman–Crippen LogP) is 4.61. The molecule has 1 unspecified atom stereocenters. The molecular formula is C21H23FN2. The van der Waals surface area contributed by atoms with Crippen LogP contribution < -0.4 is 4.90 Å². The van der Waals surface area contributed by atoms with E-state index in [4.69, 9.17) is 0 Å². The van der Waals surface area contributed by atoms with Crippen LogP contribution in [0.4, 0.5) is 10.1 Å². The Morgan fingerprint density at radius 3 is 2.29 bits per heavy atom. The average Bonchev–Trinajstić information content (AvgIpc) is 2.96. The Bertz CT molecular complexity index is 682. The van der Waals surface area contributed by atoms with Crippen LogP contribution in [0.1, 0.15) is 37.8 Å². The number of hydrogen-bond acceptors (Lipinski definition) is 2.